The van der Waals surface area contributed by atoms with Gasteiger partial charge in [-0.2, -0.15) is 0 Å². The molecular weight excluding hydrogens is 319 g/mol. The first-order valence-electron chi connectivity index (χ1n) is 8.96. The fourth-order valence-electron chi connectivity index (χ4n) is 3.47. The quantitative estimate of drug-likeness (QED) is 0.925. The number of rotatable bonds is 4. The first-order chi connectivity index (χ1) is 12.1. The van der Waals surface area contributed by atoms with Gasteiger partial charge in [0.25, 0.3) is 0 Å². The highest BCUT2D eigenvalue weighted by molar-refractivity contribution is 5.92. The number of anilines is 1. The number of amides is 1. The summed E-state index contributed by atoms with van der Waals surface area (Å²) >= 11 is 0. The molecule has 1 atom stereocenters. The molecule has 2 aliphatic rings. The Morgan fingerprint density at radius 2 is 2.00 bits per heavy atom. The molecule has 2 aromatic rings. The molecular formula is C19H23FN4O. The molecule has 6 heteroatoms. The van der Waals surface area contributed by atoms with Crippen molar-refractivity contribution in [2.45, 2.75) is 31.8 Å². The predicted octanol–water partition coefficient (Wildman–Crippen LogP) is 2.16. The molecule has 1 saturated heterocycles. The lowest BCUT2D eigenvalue weighted by Gasteiger charge is -2.38. The van der Waals surface area contributed by atoms with Crippen molar-refractivity contribution in [1.82, 2.24) is 15.2 Å². The van der Waals surface area contributed by atoms with E-state index in [9.17, 15) is 9.18 Å². The van der Waals surface area contributed by atoms with E-state index < -0.39 is 0 Å². The van der Waals surface area contributed by atoms with Crippen LogP contribution in [0.1, 0.15) is 19.8 Å². The van der Waals surface area contributed by atoms with Gasteiger partial charge in [-0.15, -0.1) is 0 Å². The maximum Gasteiger partial charge on any atom is 0.237 e. The van der Waals surface area contributed by atoms with Crippen molar-refractivity contribution in [2.75, 3.05) is 31.1 Å². The van der Waals surface area contributed by atoms with Crippen molar-refractivity contribution in [1.29, 1.82) is 0 Å². The van der Waals surface area contributed by atoms with Gasteiger partial charge < -0.3 is 10.2 Å². The van der Waals surface area contributed by atoms with Crippen molar-refractivity contribution in [3.05, 3.63) is 36.3 Å². The van der Waals surface area contributed by atoms with Gasteiger partial charge in [0.1, 0.15) is 11.3 Å². The van der Waals surface area contributed by atoms with E-state index in [1.165, 1.54) is 6.07 Å². The van der Waals surface area contributed by atoms with Crippen molar-refractivity contribution < 1.29 is 9.18 Å². The van der Waals surface area contributed by atoms with Crippen molar-refractivity contribution >= 4 is 22.5 Å². The van der Waals surface area contributed by atoms with Crippen LogP contribution in [0, 0.1) is 5.82 Å². The summed E-state index contributed by atoms with van der Waals surface area (Å²) < 4.78 is 14.0. The Bertz CT molecular complexity index is 784. The van der Waals surface area contributed by atoms with E-state index in [4.69, 9.17) is 0 Å². The molecule has 4 rings (SSSR count). The maximum atomic E-state index is 14.0. The number of halogens is 1. The van der Waals surface area contributed by atoms with E-state index in [1.54, 1.807) is 12.3 Å². The molecule has 1 saturated carbocycles. The third-order valence-corrected chi connectivity index (χ3v) is 5.20. The summed E-state index contributed by atoms with van der Waals surface area (Å²) in [7, 11) is 0. The minimum Gasteiger partial charge on any atom is -0.368 e. The van der Waals surface area contributed by atoms with Crippen molar-refractivity contribution in [3.63, 3.8) is 0 Å². The molecule has 2 heterocycles. The Morgan fingerprint density at radius 3 is 2.72 bits per heavy atom. The van der Waals surface area contributed by atoms with Crippen LogP contribution in [0.2, 0.25) is 0 Å². The van der Waals surface area contributed by atoms with Crippen molar-refractivity contribution in [2.24, 2.45) is 0 Å². The summed E-state index contributed by atoms with van der Waals surface area (Å²) in [6.07, 6.45) is 3.88. The average molecular weight is 342 g/mol. The zero-order valence-corrected chi connectivity index (χ0v) is 14.4. The first-order valence-corrected chi connectivity index (χ1v) is 8.96. The van der Waals surface area contributed by atoms with Gasteiger partial charge >= 0.3 is 0 Å². The van der Waals surface area contributed by atoms with Crippen molar-refractivity contribution in [3.8, 4) is 0 Å². The molecule has 1 aromatic carbocycles. The van der Waals surface area contributed by atoms with Crippen LogP contribution in [0.3, 0.4) is 0 Å². The number of hydrogen-bond donors (Lipinski definition) is 1. The van der Waals surface area contributed by atoms with E-state index in [0.717, 1.165) is 50.1 Å². The molecule has 0 bridgehead atoms. The number of carbonyl (C=O) groups is 1. The average Bonchev–Trinajstić information content (AvgIpc) is 3.45. The van der Waals surface area contributed by atoms with Crippen LogP contribution >= 0.6 is 0 Å². The number of nitrogens with zero attached hydrogens (tertiary/aromatic N) is 3. The highest BCUT2D eigenvalue weighted by atomic mass is 19.1. The van der Waals surface area contributed by atoms with Gasteiger partial charge in [-0.05, 0) is 31.9 Å². The van der Waals surface area contributed by atoms with E-state index in [0.29, 0.717) is 11.6 Å². The number of hydrogen-bond acceptors (Lipinski definition) is 4. The summed E-state index contributed by atoms with van der Waals surface area (Å²) in [6, 6.07) is 7.32. The molecule has 0 unspecified atom stereocenters. The SMILES string of the molecule is C[C@@H](C(=O)NC1CC1)N1CCN(c2ccnc3c(F)cccc23)CC1. The second-order valence-corrected chi connectivity index (χ2v) is 6.95. The maximum absolute atomic E-state index is 14.0. The lowest BCUT2D eigenvalue weighted by molar-refractivity contribution is -0.126. The fraction of sp³-hybridized carbons (Fsp3) is 0.474. The lowest BCUT2D eigenvalue weighted by atomic mass is 10.1. The fourth-order valence-corrected chi connectivity index (χ4v) is 3.47. The van der Waals surface area contributed by atoms with E-state index in [2.05, 4.69) is 20.1 Å². The second-order valence-electron chi connectivity index (χ2n) is 6.95. The van der Waals surface area contributed by atoms with Crippen LogP contribution in [-0.4, -0.2) is 54.1 Å². The minimum atomic E-state index is -0.289. The molecule has 1 N–H and O–H groups in total. The molecule has 1 aliphatic heterocycles. The molecule has 1 aliphatic carbocycles. The Balaban J connectivity index is 1.45. The van der Waals surface area contributed by atoms with Gasteiger partial charge in [-0.25, -0.2) is 4.39 Å². The molecule has 1 aromatic heterocycles. The molecule has 132 valence electrons. The number of benzene rings is 1. The van der Waals surface area contributed by atoms with E-state index in [1.807, 2.05) is 19.1 Å². The zero-order valence-electron chi connectivity index (χ0n) is 14.4. The Labute approximate surface area is 146 Å². The van der Waals surface area contributed by atoms with Crippen LogP contribution in [-0.2, 0) is 4.79 Å². The Hall–Kier alpha value is -2.21. The second kappa shape index (κ2) is 6.59. The number of fused-ring (bicyclic) bond motifs is 1. The lowest BCUT2D eigenvalue weighted by Crippen LogP contribution is -2.54. The number of pyridine rings is 1. The number of carbonyl (C=O) groups excluding carboxylic acids is 1. The highest BCUT2D eigenvalue weighted by Gasteiger charge is 2.30. The summed E-state index contributed by atoms with van der Waals surface area (Å²) in [5.41, 5.74) is 1.43. The van der Waals surface area contributed by atoms with Crippen LogP contribution in [0.4, 0.5) is 10.1 Å². The topological polar surface area (TPSA) is 48.5 Å². The molecule has 0 radical (unpaired) electrons. The monoisotopic (exact) mass is 342 g/mol. The summed E-state index contributed by atoms with van der Waals surface area (Å²) in [5.74, 6) is -0.157. The Kier molecular flexibility index (Phi) is 4.29. The highest BCUT2D eigenvalue weighted by Crippen LogP contribution is 2.28. The van der Waals surface area contributed by atoms with Crippen LogP contribution < -0.4 is 10.2 Å². The number of para-hydroxylation sites is 1. The zero-order chi connectivity index (χ0) is 17.4. The molecule has 1 amide bonds. The largest absolute Gasteiger partial charge is 0.368 e. The summed E-state index contributed by atoms with van der Waals surface area (Å²) in [6.45, 7) is 5.24. The first kappa shape index (κ1) is 16.3. The van der Waals surface area contributed by atoms with Gasteiger partial charge in [0.15, 0.2) is 0 Å². The summed E-state index contributed by atoms with van der Waals surface area (Å²) in [5, 5.41) is 3.92. The third kappa shape index (κ3) is 3.31. The van der Waals surface area contributed by atoms with Gasteiger partial charge in [-0.3, -0.25) is 14.7 Å². The standard InChI is InChI=1S/C19H23FN4O/c1-13(19(25)22-14-5-6-14)23-9-11-24(12-10-23)17-7-8-21-18-15(17)3-2-4-16(18)20/h2-4,7-8,13-14H,5-6,9-12H2,1H3,(H,22,25)/t13-/m0/s1. The predicted molar refractivity (Wildman–Crippen MR) is 96.1 cm³/mol. The molecule has 5 nitrogen and oxygen atoms in total. The Morgan fingerprint density at radius 1 is 1.24 bits per heavy atom. The number of piperazine rings is 1. The summed E-state index contributed by atoms with van der Waals surface area (Å²) in [4.78, 5) is 20.9. The van der Waals surface area contributed by atoms with Gasteiger partial charge in [-0.1, -0.05) is 12.1 Å². The number of aromatic nitrogens is 1. The minimum absolute atomic E-state index is 0.102. The van der Waals surface area contributed by atoms with E-state index in [-0.39, 0.29) is 17.8 Å². The normalized spacial score (nSPS) is 19.8. The molecule has 25 heavy (non-hydrogen) atoms. The molecule has 2 fully saturated rings. The van der Waals surface area contributed by atoms with Gasteiger partial charge in [0, 0.05) is 49.5 Å². The third-order valence-electron chi connectivity index (χ3n) is 5.20. The van der Waals surface area contributed by atoms with Crippen LogP contribution in [0.15, 0.2) is 30.5 Å². The van der Waals surface area contributed by atoms with Crippen LogP contribution in [0.25, 0.3) is 10.9 Å². The number of nitrogens with one attached hydrogen (secondary N) is 1. The van der Waals surface area contributed by atoms with E-state index >= 15 is 0 Å². The van der Waals surface area contributed by atoms with Crippen LogP contribution in [0.5, 0.6) is 0 Å². The smallest absolute Gasteiger partial charge is 0.237 e. The van der Waals surface area contributed by atoms with Gasteiger partial charge in [0.2, 0.25) is 5.91 Å². The molecule has 0 spiro atoms. The van der Waals surface area contributed by atoms with Gasteiger partial charge in [0.05, 0.1) is 6.04 Å².